The summed E-state index contributed by atoms with van der Waals surface area (Å²) in [5.74, 6) is -0.259. The fourth-order valence-electron chi connectivity index (χ4n) is 9.91. The van der Waals surface area contributed by atoms with Crippen LogP contribution in [0.1, 0.15) is 232 Å². The summed E-state index contributed by atoms with van der Waals surface area (Å²) in [7, 11) is 0. The van der Waals surface area contributed by atoms with E-state index in [9.17, 15) is 45.6 Å². The Kier molecular flexibility index (Phi) is 45.0. The summed E-state index contributed by atoms with van der Waals surface area (Å²) in [6.07, 6.45) is 47.9. The summed E-state index contributed by atoms with van der Waals surface area (Å²) < 4.78 is 22.8. The van der Waals surface area contributed by atoms with E-state index in [1.807, 2.05) is 6.08 Å². The Morgan fingerprint density at radius 2 is 0.885 bits per heavy atom. The molecule has 12 atom stereocenters. The van der Waals surface area contributed by atoms with Crippen LogP contribution in [0, 0.1) is 0 Å². The van der Waals surface area contributed by atoms with Crippen LogP contribution in [0.5, 0.6) is 0 Å². The number of aliphatic hydroxyl groups excluding tert-OH is 8. The average Bonchev–Trinajstić information content (AvgIpc) is 3.48. The van der Waals surface area contributed by atoms with E-state index in [-0.39, 0.29) is 18.9 Å². The maximum atomic E-state index is 13.3. The van der Waals surface area contributed by atoms with Crippen molar-refractivity contribution in [2.45, 2.75) is 306 Å². The molecule has 0 aromatic heterocycles. The van der Waals surface area contributed by atoms with Crippen molar-refractivity contribution in [2.75, 3.05) is 19.8 Å². The lowest BCUT2D eigenvalue weighted by Gasteiger charge is -2.46. The van der Waals surface area contributed by atoms with Crippen LogP contribution < -0.4 is 5.32 Å². The third kappa shape index (κ3) is 34.0. The van der Waals surface area contributed by atoms with E-state index in [0.29, 0.717) is 6.42 Å². The Morgan fingerprint density at radius 3 is 1.36 bits per heavy atom. The first-order chi connectivity index (χ1) is 38.1. The SMILES string of the molecule is CC/C=C\C/C=C\C/C=C\C/C=C\C/C=C\CCCCCCCC(=O)NC(COC1OC(CO)C(OC2OC(CO)C(O)C(O)C2O)C(O)C1O)C(O)/C=C/CCCCCCCCCCCCCCCCCCCCCCC. The van der Waals surface area contributed by atoms with Gasteiger partial charge in [-0.1, -0.05) is 234 Å². The van der Waals surface area contributed by atoms with Crippen LogP contribution in [0.3, 0.4) is 0 Å². The number of nitrogens with one attached hydrogen (secondary N) is 1. The molecule has 0 radical (unpaired) electrons. The first-order valence-electron chi connectivity index (χ1n) is 31.2. The molecular formula is C64H113NO13. The van der Waals surface area contributed by atoms with Crippen LogP contribution in [-0.4, -0.2) is 140 Å². The molecule has 0 aromatic carbocycles. The Labute approximate surface area is 472 Å². The molecule has 0 bridgehead atoms. The maximum Gasteiger partial charge on any atom is 0.220 e. The van der Waals surface area contributed by atoms with Gasteiger partial charge in [-0.15, -0.1) is 0 Å². The maximum absolute atomic E-state index is 13.3. The zero-order chi connectivity index (χ0) is 56.7. The third-order valence-electron chi connectivity index (χ3n) is 14.9. The fourth-order valence-corrected chi connectivity index (χ4v) is 9.91. The van der Waals surface area contributed by atoms with Crippen molar-refractivity contribution in [3.63, 3.8) is 0 Å². The lowest BCUT2D eigenvalue weighted by molar-refractivity contribution is -0.359. The van der Waals surface area contributed by atoms with Crippen LogP contribution in [0.15, 0.2) is 72.9 Å². The van der Waals surface area contributed by atoms with Gasteiger partial charge < -0.3 is 65.1 Å². The monoisotopic (exact) mass is 1100 g/mol. The van der Waals surface area contributed by atoms with Crippen molar-refractivity contribution in [1.29, 1.82) is 0 Å². The molecule has 0 aliphatic carbocycles. The van der Waals surface area contributed by atoms with Crippen LogP contribution in [0.25, 0.3) is 0 Å². The molecule has 0 saturated carbocycles. The molecule has 14 heteroatoms. The number of carbonyl (C=O) groups excluding carboxylic acids is 1. The van der Waals surface area contributed by atoms with E-state index in [0.717, 1.165) is 83.5 Å². The van der Waals surface area contributed by atoms with Crippen molar-refractivity contribution >= 4 is 5.91 Å². The predicted octanol–water partition coefficient (Wildman–Crippen LogP) is 11.1. The van der Waals surface area contributed by atoms with Crippen molar-refractivity contribution in [1.82, 2.24) is 5.32 Å². The summed E-state index contributed by atoms with van der Waals surface area (Å²) in [4.78, 5) is 13.3. The van der Waals surface area contributed by atoms with E-state index in [1.54, 1.807) is 6.08 Å². The van der Waals surface area contributed by atoms with Crippen LogP contribution >= 0.6 is 0 Å². The molecule has 452 valence electrons. The highest BCUT2D eigenvalue weighted by Gasteiger charge is 2.51. The Balaban J connectivity index is 1.77. The van der Waals surface area contributed by atoms with Gasteiger partial charge in [0.2, 0.25) is 5.91 Å². The van der Waals surface area contributed by atoms with Gasteiger partial charge in [-0.2, -0.15) is 0 Å². The standard InChI is InChI=1S/C64H113NO13/c1-3-5-7-9-11-13-15-17-19-21-23-25-26-28-29-31-33-35-37-39-41-43-45-47-53(68)52(51-75-63-61(74)59(72)62(55(50-67)77-63)78-64-60(73)58(71)57(70)54(49-66)76-64)65-56(69)48-46-44-42-40-38-36-34-32-30-27-24-22-20-18-16-14-12-10-8-6-4-2/h6,8,12,14,18,20,24,27,32,34,45,47,52-55,57-64,66-68,70-74H,3-5,7,9-11,13,15-17,19,21-23,25-26,28-31,33,35-44,46,48-51H2,1-2H3,(H,65,69)/b8-6-,14-12-,20-18-,27-24-,34-32-,47-45+. The van der Waals surface area contributed by atoms with Gasteiger partial charge >= 0.3 is 0 Å². The zero-order valence-electron chi connectivity index (χ0n) is 48.6. The van der Waals surface area contributed by atoms with Crippen LogP contribution in [-0.2, 0) is 23.7 Å². The van der Waals surface area contributed by atoms with Gasteiger partial charge in [0.05, 0.1) is 32.0 Å². The summed E-state index contributed by atoms with van der Waals surface area (Å²) in [5, 5.41) is 87.2. The quantitative estimate of drug-likeness (QED) is 0.0204. The highest BCUT2D eigenvalue weighted by molar-refractivity contribution is 5.76. The van der Waals surface area contributed by atoms with Crippen LogP contribution in [0.4, 0.5) is 0 Å². The first kappa shape index (κ1) is 71.5. The molecule has 2 fully saturated rings. The van der Waals surface area contributed by atoms with Gasteiger partial charge in [0.15, 0.2) is 12.6 Å². The summed E-state index contributed by atoms with van der Waals surface area (Å²) in [6.45, 7) is 2.68. The molecule has 2 aliphatic rings. The second-order valence-electron chi connectivity index (χ2n) is 21.8. The van der Waals surface area contributed by atoms with E-state index >= 15 is 0 Å². The van der Waals surface area contributed by atoms with E-state index in [2.05, 4.69) is 79.9 Å². The molecule has 1 amide bonds. The number of ether oxygens (including phenoxy) is 4. The minimum atomic E-state index is -1.79. The van der Waals surface area contributed by atoms with Gasteiger partial charge in [-0.3, -0.25) is 4.79 Å². The van der Waals surface area contributed by atoms with E-state index < -0.39 is 86.8 Å². The summed E-state index contributed by atoms with van der Waals surface area (Å²) in [5.41, 5.74) is 0. The molecular weight excluding hydrogens is 991 g/mol. The molecule has 9 N–H and O–H groups in total. The topological polar surface area (TPSA) is 228 Å². The fraction of sp³-hybridized carbons (Fsp3) is 0.797. The van der Waals surface area contributed by atoms with Crippen LogP contribution in [0.2, 0.25) is 0 Å². The van der Waals surface area contributed by atoms with Gasteiger partial charge in [0, 0.05) is 6.42 Å². The van der Waals surface area contributed by atoms with Crippen molar-refractivity contribution in [3.05, 3.63) is 72.9 Å². The predicted molar refractivity (Wildman–Crippen MR) is 313 cm³/mol. The smallest absolute Gasteiger partial charge is 0.220 e. The lowest BCUT2D eigenvalue weighted by Crippen LogP contribution is -2.65. The summed E-state index contributed by atoms with van der Waals surface area (Å²) in [6, 6.07) is -0.930. The Bertz CT molecular complexity index is 1580. The van der Waals surface area contributed by atoms with Crippen molar-refractivity contribution < 1.29 is 64.6 Å². The molecule has 0 spiro atoms. The molecule has 0 aromatic rings. The number of amides is 1. The Morgan fingerprint density at radius 1 is 0.474 bits per heavy atom. The molecule has 2 aliphatic heterocycles. The molecule has 2 rings (SSSR count). The number of allylic oxidation sites excluding steroid dienone is 11. The van der Waals surface area contributed by atoms with Crippen molar-refractivity contribution in [3.8, 4) is 0 Å². The zero-order valence-corrected chi connectivity index (χ0v) is 48.6. The van der Waals surface area contributed by atoms with Gasteiger partial charge in [0.1, 0.15) is 48.8 Å². The van der Waals surface area contributed by atoms with Gasteiger partial charge in [-0.25, -0.2) is 0 Å². The number of aliphatic hydroxyl groups is 8. The lowest BCUT2D eigenvalue weighted by atomic mass is 9.97. The average molecular weight is 1100 g/mol. The minimum Gasteiger partial charge on any atom is -0.394 e. The molecule has 2 heterocycles. The number of rotatable bonds is 49. The van der Waals surface area contributed by atoms with E-state index in [4.69, 9.17) is 18.9 Å². The largest absolute Gasteiger partial charge is 0.394 e. The third-order valence-corrected chi connectivity index (χ3v) is 14.9. The van der Waals surface area contributed by atoms with Gasteiger partial charge in [-0.05, 0) is 64.2 Å². The molecule has 12 unspecified atom stereocenters. The molecule has 2 saturated heterocycles. The van der Waals surface area contributed by atoms with Crippen molar-refractivity contribution in [2.24, 2.45) is 0 Å². The number of hydrogen-bond acceptors (Lipinski definition) is 13. The second-order valence-corrected chi connectivity index (χ2v) is 21.8. The minimum absolute atomic E-state index is 0.256. The van der Waals surface area contributed by atoms with Gasteiger partial charge in [0.25, 0.3) is 0 Å². The molecule has 78 heavy (non-hydrogen) atoms. The highest BCUT2D eigenvalue weighted by Crippen LogP contribution is 2.30. The number of carbonyl (C=O) groups is 1. The number of hydrogen-bond donors (Lipinski definition) is 9. The number of unbranched alkanes of at least 4 members (excludes halogenated alkanes) is 26. The first-order valence-corrected chi connectivity index (χ1v) is 31.2. The Hall–Kier alpha value is -2.57. The highest BCUT2D eigenvalue weighted by atomic mass is 16.7. The summed E-state index contributed by atoms with van der Waals surface area (Å²) >= 11 is 0. The normalized spacial score (nSPS) is 25.1. The van der Waals surface area contributed by atoms with E-state index in [1.165, 1.54) is 122 Å². The second kappa shape index (κ2) is 49.1. The molecule has 14 nitrogen and oxygen atoms in total.